The second kappa shape index (κ2) is 9.04. The quantitative estimate of drug-likeness (QED) is 0.430. The summed E-state index contributed by atoms with van der Waals surface area (Å²) in [5.74, 6) is -0.0538. The predicted molar refractivity (Wildman–Crippen MR) is 130 cm³/mol. The van der Waals surface area contributed by atoms with Gasteiger partial charge in [0.1, 0.15) is 0 Å². The van der Waals surface area contributed by atoms with Crippen LogP contribution in [-0.2, 0) is 21.1 Å². The van der Waals surface area contributed by atoms with E-state index in [4.69, 9.17) is 23.2 Å². The maximum atomic E-state index is 12.8. The van der Waals surface area contributed by atoms with Crippen LogP contribution in [0.25, 0.3) is 0 Å². The molecule has 0 saturated heterocycles. The fourth-order valence-corrected chi connectivity index (χ4v) is 6.14. The summed E-state index contributed by atoms with van der Waals surface area (Å²) in [6.07, 6.45) is 0. The molecule has 1 unspecified atom stereocenters. The minimum atomic E-state index is -4.46. The topological polar surface area (TPSA) is 107 Å². The van der Waals surface area contributed by atoms with Gasteiger partial charge in [0, 0.05) is 34.7 Å². The van der Waals surface area contributed by atoms with Gasteiger partial charge in [-0.15, -0.1) is 0 Å². The van der Waals surface area contributed by atoms with Crippen LogP contribution in [0.15, 0.2) is 65.6 Å². The van der Waals surface area contributed by atoms with Gasteiger partial charge in [-0.25, -0.2) is 8.42 Å². The number of halogens is 2. The molecule has 3 N–H and O–H groups in total. The minimum absolute atomic E-state index is 0.0538. The second-order valence-corrected chi connectivity index (χ2v) is 12.1. The second-order valence-electron chi connectivity index (χ2n) is 7.97. The number of likely N-dealkylation sites (N-methyl/N-ethyl adjacent to an activating group) is 1. The molecule has 3 aromatic rings. The molecule has 0 aliphatic carbocycles. The van der Waals surface area contributed by atoms with Crippen LogP contribution in [0.2, 0.25) is 10.0 Å². The highest BCUT2D eigenvalue weighted by molar-refractivity contribution is 7.92. The van der Waals surface area contributed by atoms with E-state index in [1.54, 1.807) is 24.3 Å². The van der Waals surface area contributed by atoms with Crippen molar-refractivity contribution in [3.63, 3.8) is 0 Å². The molecule has 3 aromatic carbocycles. The Morgan fingerprint density at radius 2 is 1.76 bits per heavy atom. The first-order valence-corrected chi connectivity index (χ1v) is 13.7. The van der Waals surface area contributed by atoms with Gasteiger partial charge in [0.05, 0.1) is 10.2 Å². The minimum Gasteiger partial charge on any atom is -0.321 e. The molecule has 0 bridgehead atoms. The van der Waals surface area contributed by atoms with Gasteiger partial charge < -0.3 is 14.7 Å². The molecular weight excluding hydrogens is 506 g/mol. The third-order valence-electron chi connectivity index (χ3n) is 5.52. The van der Waals surface area contributed by atoms with Crippen molar-refractivity contribution in [1.82, 2.24) is 4.90 Å². The fraction of sp³-hybridized carbons (Fsp3) is 0.182. The zero-order valence-corrected chi connectivity index (χ0v) is 20.7. The lowest BCUT2D eigenvalue weighted by molar-refractivity contribution is 0.295. The van der Waals surface area contributed by atoms with Crippen LogP contribution < -0.4 is 10.0 Å². The van der Waals surface area contributed by atoms with E-state index >= 15 is 0 Å². The number of rotatable bonds is 5. The monoisotopic (exact) mass is 526 g/mol. The van der Waals surface area contributed by atoms with Crippen LogP contribution in [0.5, 0.6) is 0 Å². The number of sulfonamides is 1. The maximum Gasteiger partial charge on any atom is 0.356 e. The lowest BCUT2D eigenvalue weighted by Crippen LogP contribution is -2.31. The molecule has 0 spiro atoms. The number of anilines is 1. The molecule has 11 heteroatoms. The first-order chi connectivity index (χ1) is 15.4. The smallest absolute Gasteiger partial charge is 0.321 e. The first kappa shape index (κ1) is 24.2. The summed E-state index contributed by atoms with van der Waals surface area (Å²) in [5, 5.41) is 0.898. The van der Waals surface area contributed by atoms with E-state index in [2.05, 4.69) is 9.62 Å². The molecule has 0 saturated carbocycles. The average molecular weight is 527 g/mol. The number of nitrogens with one attached hydrogen (secondary N) is 1. The van der Waals surface area contributed by atoms with Crippen LogP contribution in [0, 0.1) is 0 Å². The molecule has 1 atom stereocenters. The van der Waals surface area contributed by atoms with E-state index in [0.717, 1.165) is 41.0 Å². The van der Waals surface area contributed by atoms with Crippen molar-refractivity contribution in [1.29, 1.82) is 0 Å². The Balaban J connectivity index is 1.65. The van der Waals surface area contributed by atoms with Crippen molar-refractivity contribution in [2.24, 2.45) is 0 Å². The zero-order chi connectivity index (χ0) is 24.0. The summed E-state index contributed by atoms with van der Waals surface area (Å²) < 4.78 is 39.6. The summed E-state index contributed by atoms with van der Waals surface area (Å²) >= 11 is 12.7. The Morgan fingerprint density at radius 1 is 1.06 bits per heavy atom. The van der Waals surface area contributed by atoms with Crippen molar-refractivity contribution < 1.29 is 22.8 Å². The summed E-state index contributed by atoms with van der Waals surface area (Å²) in [6.45, 7) is 1.41. The molecule has 1 aliphatic heterocycles. The lowest BCUT2D eigenvalue weighted by atomic mass is 9.84. The van der Waals surface area contributed by atoms with Crippen LogP contribution in [0.3, 0.4) is 0 Å². The number of hydrogen-bond donors (Lipinski definition) is 3. The van der Waals surface area contributed by atoms with Crippen molar-refractivity contribution in [2.75, 3.05) is 18.3 Å². The molecule has 0 amide bonds. The summed E-state index contributed by atoms with van der Waals surface area (Å²) in [6, 6.07) is 15.3. The van der Waals surface area contributed by atoms with E-state index in [0.29, 0.717) is 28.8 Å². The summed E-state index contributed by atoms with van der Waals surface area (Å²) in [5.41, 5.74) is 3.28. The molecule has 7 nitrogen and oxygen atoms in total. The van der Waals surface area contributed by atoms with Gasteiger partial charge in [-0.1, -0.05) is 35.3 Å². The Kier molecular flexibility index (Phi) is 6.64. The van der Waals surface area contributed by atoms with Gasteiger partial charge in [-0.2, -0.15) is 0 Å². The molecule has 0 radical (unpaired) electrons. The maximum absolute atomic E-state index is 12.8. The zero-order valence-electron chi connectivity index (χ0n) is 17.4. The normalized spacial score (nSPS) is 16.9. The van der Waals surface area contributed by atoms with E-state index in [9.17, 15) is 22.8 Å². The number of hydrogen-bond acceptors (Lipinski definition) is 4. The Morgan fingerprint density at radius 3 is 2.42 bits per heavy atom. The third kappa shape index (κ3) is 5.28. The average Bonchev–Trinajstić information content (AvgIpc) is 2.73. The third-order valence-corrected chi connectivity index (χ3v) is 8.44. The van der Waals surface area contributed by atoms with E-state index in [-0.39, 0.29) is 16.1 Å². The number of nitrogens with zero attached hydrogens (tertiary/aromatic N) is 1. The summed E-state index contributed by atoms with van der Waals surface area (Å²) in [7, 11) is -6.42. The van der Waals surface area contributed by atoms with Crippen molar-refractivity contribution in [3.05, 3.63) is 87.4 Å². The largest absolute Gasteiger partial charge is 0.356 e. The van der Waals surface area contributed by atoms with Crippen LogP contribution in [0.1, 0.15) is 22.6 Å². The van der Waals surface area contributed by atoms with Gasteiger partial charge in [-0.05, 0) is 72.3 Å². The van der Waals surface area contributed by atoms with Gasteiger partial charge in [0.2, 0.25) is 0 Å². The molecule has 0 aromatic heterocycles. The van der Waals surface area contributed by atoms with Gasteiger partial charge in [0.25, 0.3) is 10.0 Å². The Hall–Kier alpha value is -1.90. The standard InChI is InChI=1S/C22H21Cl2N2O5PS/c1-26-12-20(19-10-15(23)11-22(24)21(19)13-26)14-3-2-4-16(9-14)25-33(30,31)18-7-5-17(6-8-18)32(27,28)29/h2-11,20,25H,12-13H2,1H3,(H2,27,28,29). The van der Waals surface area contributed by atoms with Crippen LogP contribution in [-0.4, -0.2) is 36.7 Å². The molecule has 4 rings (SSSR count). The van der Waals surface area contributed by atoms with Crippen LogP contribution >= 0.6 is 30.8 Å². The molecule has 33 heavy (non-hydrogen) atoms. The van der Waals surface area contributed by atoms with Gasteiger partial charge >= 0.3 is 7.60 Å². The predicted octanol–water partition coefficient (Wildman–Crippen LogP) is 4.17. The molecular formula is C22H21Cl2N2O5PS. The molecule has 1 heterocycles. The van der Waals surface area contributed by atoms with Gasteiger partial charge in [-0.3, -0.25) is 9.29 Å². The molecule has 174 valence electrons. The van der Waals surface area contributed by atoms with Crippen molar-refractivity contribution in [2.45, 2.75) is 17.4 Å². The first-order valence-electron chi connectivity index (χ1n) is 9.89. The fourth-order valence-electron chi connectivity index (χ4n) is 3.98. The number of fused-ring (bicyclic) bond motifs is 1. The van der Waals surface area contributed by atoms with Crippen molar-refractivity contribution >= 4 is 51.8 Å². The highest BCUT2D eigenvalue weighted by Gasteiger charge is 2.27. The molecule has 0 fully saturated rings. The Bertz CT molecular complexity index is 1360. The SMILES string of the molecule is CN1Cc2c(Cl)cc(Cl)cc2C(c2cccc(NS(=O)(=O)c3ccc(P(=O)(O)O)cc3)c2)C1. The molecule has 1 aliphatic rings. The highest BCUT2D eigenvalue weighted by Crippen LogP contribution is 2.39. The van der Waals surface area contributed by atoms with Crippen LogP contribution in [0.4, 0.5) is 5.69 Å². The lowest BCUT2D eigenvalue weighted by Gasteiger charge is -2.33. The van der Waals surface area contributed by atoms with Gasteiger partial charge in [0.15, 0.2) is 0 Å². The van der Waals surface area contributed by atoms with E-state index in [1.807, 2.05) is 19.2 Å². The van der Waals surface area contributed by atoms with Crippen molar-refractivity contribution in [3.8, 4) is 0 Å². The number of benzene rings is 3. The Labute approximate surface area is 202 Å². The summed E-state index contributed by atoms with van der Waals surface area (Å²) in [4.78, 5) is 20.5. The van der Waals surface area contributed by atoms with E-state index in [1.165, 1.54) is 0 Å². The highest BCUT2D eigenvalue weighted by atomic mass is 35.5. The van der Waals surface area contributed by atoms with E-state index < -0.39 is 17.6 Å².